The van der Waals surface area contributed by atoms with Crippen LogP contribution in [0.25, 0.3) is 0 Å². The summed E-state index contributed by atoms with van der Waals surface area (Å²) in [7, 11) is 0. The van der Waals surface area contributed by atoms with E-state index >= 15 is 0 Å². The number of aryl methyl sites for hydroxylation is 2. The highest BCUT2D eigenvalue weighted by Gasteiger charge is 2.13. The van der Waals surface area contributed by atoms with Crippen LogP contribution in [0.2, 0.25) is 0 Å². The Hall–Kier alpha value is -1.67. The highest BCUT2D eigenvalue weighted by molar-refractivity contribution is 5.33. The van der Waals surface area contributed by atoms with Crippen molar-refractivity contribution in [3.8, 4) is 0 Å². The summed E-state index contributed by atoms with van der Waals surface area (Å²) >= 11 is 0. The SMILES string of the molecule is Cc1ccc(C)c(C(C)NC(C)c2cccc(F)c2)c1. The second kappa shape index (κ2) is 6.19. The van der Waals surface area contributed by atoms with Gasteiger partial charge < -0.3 is 5.32 Å². The molecule has 0 aliphatic heterocycles. The molecule has 1 N–H and O–H groups in total. The summed E-state index contributed by atoms with van der Waals surface area (Å²) in [6.45, 7) is 8.44. The predicted octanol–water partition coefficient (Wildman–Crippen LogP) is 4.85. The van der Waals surface area contributed by atoms with Gasteiger partial charge in [0, 0.05) is 12.1 Å². The Bertz CT molecular complexity index is 592. The van der Waals surface area contributed by atoms with Crippen molar-refractivity contribution < 1.29 is 4.39 Å². The normalized spacial score (nSPS) is 14.1. The van der Waals surface area contributed by atoms with Crippen molar-refractivity contribution in [3.63, 3.8) is 0 Å². The van der Waals surface area contributed by atoms with Crippen molar-refractivity contribution in [1.82, 2.24) is 5.32 Å². The number of benzene rings is 2. The van der Waals surface area contributed by atoms with Crippen LogP contribution < -0.4 is 5.32 Å². The molecule has 0 saturated heterocycles. The van der Waals surface area contributed by atoms with Crippen LogP contribution in [0.4, 0.5) is 4.39 Å². The van der Waals surface area contributed by atoms with Gasteiger partial charge in [-0.2, -0.15) is 0 Å². The second-order valence-corrected chi connectivity index (χ2v) is 5.53. The standard InChI is InChI=1S/C18H22FN/c1-12-8-9-13(2)18(10-12)15(4)20-14(3)16-6-5-7-17(19)11-16/h5-11,14-15,20H,1-4H3. The maximum Gasteiger partial charge on any atom is 0.123 e. The van der Waals surface area contributed by atoms with Gasteiger partial charge in [-0.05, 0) is 56.5 Å². The lowest BCUT2D eigenvalue weighted by Gasteiger charge is -2.22. The lowest BCUT2D eigenvalue weighted by Crippen LogP contribution is -2.23. The van der Waals surface area contributed by atoms with Crippen LogP contribution in [0.15, 0.2) is 42.5 Å². The van der Waals surface area contributed by atoms with E-state index in [1.165, 1.54) is 22.8 Å². The minimum Gasteiger partial charge on any atom is -0.304 e. The molecule has 2 unspecified atom stereocenters. The van der Waals surface area contributed by atoms with Crippen LogP contribution in [0.1, 0.15) is 48.2 Å². The molecule has 0 saturated carbocycles. The molecule has 2 atom stereocenters. The summed E-state index contributed by atoms with van der Waals surface area (Å²) in [4.78, 5) is 0. The van der Waals surface area contributed by atoms with E-state index < -0.39 is 0 Å². The molecule has 0 aromatic heterocycles. The first-order chi connectivity index (χ1) is 9.47. The van der Waals surface area contributed by atoms with Crippen LogP contribution >= 0.6 is 0 Å². The van der Waals surface area contributed by atoms with Crippen molar-refractivity contribution >= 4 is 0 Å². The minimum atomic E-state index is -0.185. The molecular formula is C18H22FN. The van der Waals surface area contributed by atoms with Crippen LogP contribution in [0.5, 0.6) is 0 Å². The van der Waals surface area contributed by atoms with E-state index in [2.05, 4.69) is 51.2 Å². The summed E-state index contributed by atoms with van der Waals surface area (Å²) < 4.78 is 13.3. The van der Waals surface area contributed by atoms with Gasteiger partial charge >= 0.3 is 0 Å². The maximum atomic E-state index is 13.3. The molecule has 0 amide bonds. The molecular weight excluding hydrogens is 249 g/mol. The first-order valence-corrected chi connectivity index (χ1v) is 7.06. The Kier molecular flexibility index (Phi) is 4.56. The molecule has 1 nitrogen and oxygen atoms in total. The topological polar surface area (TPSA) is 12.0 Å². The Morgan fingerprint density at radius 1 is 0.950 bits per heavy atom. The van der Waals surface area contributed by atoms with Crippen molar-refractivity contribution in [2.45, 2.75) is 39.8 Å². The average Bonchev–Trinajstić information content (AvgIpc) is 2.41. The van der Waals surface area contributed by atoms with E-state index in [-0.39, 0.29) is 17.9 Å². The molecule has 2 aromatic carbocycles. The molecule has 0 radical (unpaired) electrons. The monoisotopic (exact) mass is 271 g/mol. The molecule has 20 heavy (non-hydrogen) atoms. The van der Waals surface area contributed by atoms with Crippen LogP contribution in [0, 0.1) is 19.7 Å². The van der Waals surface area contributed by atoms with Crippen LogP contribution in [-0.4, -0.2) is 0 Å². The van der Waals surface area contributed by atoms with Gasteiger partial charge in [0.2, 0.25) is 0 Å². The van der Waals surface area contributed by atoms with Gasteiger partial charge in [-0.15, -0.1) is 0 Å². The lowest BCUT2D eigenvalue weighted by atomic mass is 9.98. The smallest absolute Gasteiger partial charge is 0.123 e. The Morgan fingerprint density at radius 3 is 2.40 bits per heavy atom. The van der Waals surface area contributed by atoms with E-state index in [9.17, 15) is 4.39 Å². The molecule has 0 bridgehead atoms. The number of halogens is 1. The fourth-order valence-electron chi connectivity index (χ4n) is 2.56. The van der Waals surface area contributed by atoms with Gasteiger partial charge in [0.15, 0.2) is 0 Å². The highest BCUT2D eigenvalue weighted by atomic mass is 19.1. The zero-order valence-electron chi connectivity index (χ0n) is 12.6. The summed E-state index contributed by atoms with van der Waals surface area (Å²) in [5, 5.41) is 3.54. The van der Waals surface area contributed by atoms with Crippen LogP contribution in [0.3, 0.4) is 0 Å². The first-order valence-electron chi connectivity index (χ1n) is 7.06. The molecule has 2 heteroatoms. The van der Waals surface area contributed by atoms with Gasteiger partial charge in [0.1, 0.15) is 5.82 Å². The number of hydrogen-bond donors (Lipinski definition) is 1. The van der Waals surface area contributed by atoms with Gasteiger partial charge in [-0.25, -0.2) is 4.39 Å². The number of rotatable bonds is 4. The molecule has 106 valence electrons. The van der Waals surface area contributed by atoms with Crippen molar-refractivity contribution in [3.05, 3.63) is 70.5 Å². The molecule has 2 aromatic rings. The number of hydrogen-bond acceptors (Lipinski definition) is 1. The molecule has 0 aliphatic carbocycles. The largest absolute Gasteiger partial charge is 0.304 e. The lowest BCUT2D eigenvalue weighted by molar-refractivity contribution is 0.490. The molecule has 0 aliphatic rings. The Balaban J connectivity index is 2.15. The van der Waals surface area contributed by atoms with Gasteiger partial charge in [0.25, 0.3) is 0 Å². The Morgan fingerprint density at radius 2 is 1.70 bits per heavy atom. The van der Waals surface area contributed by atoms with E-state index in [0.717, 1.165) is 5.56 Å². The van der Waals surface area contributed by atoms with Gasteiger partial charge in [0.05, 0.1) is 0 Å². The summed E-state index contributed by atoms with van der Waals surface area (Å²) in [6, 6.07) is 13.6. The molecule has 0 fully saturated rings. The Labute approximate surface area is 120 Å². The fourth-order valence-corrected chi connectivity index (χ4v) is 2.56. The maximum absolute atomic E-state index is 13.3. The van der Waals surface area contributed by atoms with E-state index in [4.69, 9.17) is 0 Å². The van der Waals surface area contributed by atoms with Gasteiger partial charge in [-0.1, -0.05) is 35.9 Å². The summed E-state index contributed by atoms with van der Waals surface area (Å²) in [6.07, 6.45) is 0. The third-order valence-electron chi connectivity index (χ3n) is 3.75. The van der Waals surface area contributed by atoms with E-state index in [1.54, 1.807) is 12.1 Å². The van der Waals surface area contributed by atoms with Crippen molar-refractivity contribution in [2.24, 2.45) is 0 Å². The molecule has 2 rings (SSSR count). The quantitative estimate of drug-likeness (QED) is 0.837. The van der Waals surface area contributed by atoms with Crippen molar-refractivity contribution in [1.29, 1.82) is 0 Å². The number of nitrogens with one attached hydrogen (secondary N) is 1. The van der Waals surface area contributed by atoms with E-state index in [0.29, 0.717) is 0 Å². The second-order valence-electron chi connectivity index (χ2n) is 5.53. The molecule has 0 spiro atoms. The highest BCUT2D eigenvalue weighted by Crippen LogP contribution is 2.23. The zero-order valence-corrected chi connectivity index (χ0v) is 12.6. The summed E-state index contributed by atoms with van der Waals surface area (Å²) in [5.74, 6) is -0.185. The predicted molar refractivity (Wildman–Crippen MR) is 82.3 cm³/mol. The zero-order chi connectivity index (χ0) is 14.7. The third-order valence-corrected chi connectivity index (χ3v) is 3.75. The van der Waals surface area contributed by atoms with Gasteiger partial charge in [-0.3, -0.25) is 0 Å². The third kappa shape index (κ3) is 3.45. The minimum absolute atomic E-state index is 0.112. The average molecular weight is 271 g/mol. The fraction of sp³-hybridized carbons (Fsp3) is 0.333. The molecule has 0 heterocycles. The summed E-state index contributed by atoms with van der Waals surface area (Å²) in [5.41, 5.74) is 4.81. The first kappa shape index (κ1) is 14.7. The van der Waals surface area contributed by atoms with E-state index in [1.807, 2.05) is 6.07 Å². The van der Waals surface area contributed by atoms with Crippen molar-refractivity contribution in [2.75, 3.05) is 0 Å². The van der Waals surface area contributed by atoms with Crippen LogP contribution in [-0.2, 0) is 0 Å².